The van der Waals surface area contributed by atoms with Crippen molar-refractivity contribution < 1.29 is 4.79 Å². The molecule has 2 aliphatic rings. The maximum Gasteiger partial charge on any atom is 0.220 e. The molecule has 1 saturated carbocycles. The highest BCUT2D eigenvalue weighted by Crippen LogP contribution is 2.17. The number of nitrogens with one attached hydrogen (secondary N) is 3. The lowest BCUT2D eigenvalue weighted by Gasteiger charge is -2.31. The summed E-state index contributed by atoms with van der Waals surface area (Å²) in [5.74, 6) is 1.02. The molecule has 5 heteroatoms. The summed E-state index contributed by atoms with van der Waals surface area (Å²) in [6.07, 6.45) is 5.29. The Morgan fingerprint density at radius 1 is 1.31 bits per heavy atom. The lowest BCUT2D eigenvalue weighted by Crippen LogP contribution is -2.54. The van der Waals surface area contributed by atoms with Gasteiger partial charge >= 0.3 is 0 Å². The van der Waals surface area contributed by atoms with Crippen LogP contribution in [-0.4, -0.2) is 37.5 Å². The maximum atomic E-state index is 11.0. The molecule has 1 heterocycles. The van der Waals surface area contributed by atoms with Gasteiger partial charge < -0.3 is 16.0 Å². The van der Waals surface area contributed by atoms with Gasteiger partial charge in [0.2, 0.25) is 5.91 Å². The van der Waals surface area contributed by atoms with E-state index in [2.05, 4.69) is 20.9 Å². The molecule has 1 saturated heterocycles. The molecule has 90 valence electrons. The average molecular weight is 224 g/mol. The van der Waals surface area contributed by atoms with Gasteiger partial charge in [-0.1, -0.05) is 0 Å². The van der Waals surface area contributed by atoms with Gasteiger partial charge in [-0.15, -0.1) is 0 Å². The number of carbonyl (C=O) groups excluding carboxylic acids is 1. The van der Waals surface area contributed by atoms with E-state index in [1.54, 1.807) is 7.05 Å². The van der Waals surface area contributed by atoms with Gasteiger partial charge in [0.25, 0.3) is 0 Å². The molecule has 16 heavy (non-hydrogen) atoms. The van der Waals surface area contributed by atoms with Gasteiger partial charge in [0.15, 0.2) is 5.96 Å². The second kappa shape index (κ2) is 5.18. The third kappa shape index (κ3) is 2.87. The van der Waals surface area contributed by atoms with E-state index in [0.717, 1.165) is 12.4 Å². The zero-order valence-corrected chi connectivity index (χ0v) is 9.75. The Bertz CT molecular complexity index is 276. The van der Waals surface area contributed by atoms with Crippen molar-refractivity contribution in [2.45, 2.75) is 44.2 Å². The molecule has 0 aromatic heterocycles. The Labute approximate surface area is 96.1 Å². The fourth-order valence-electron chi connectivity index (χ4n) is 1.97. The Morgan fingerprint density at radius 2 is 2.06 bits per heavy atom. The van der Waals surface area contributed by atoms with Crippen LogP contribution in [0.3, 0.4) is 0 Å². The van der Waals surface area contributed by atoms with Crippen LogP contribution in [0.2, 0.25) is 0 Å². The predicted molar refractivity (Wildman–Crippen MR) is 63.3 cm³/mol. The van der Waals surface area contributed by atoms with Crippen molar-refractivity contribution in [3.63, 3.8) is 0 Å². The molecular weight excluding hydrogens is 204 g/mol. The Hall–Kier alpha value is -1.26. The number of carbonyl (C=O) groups is 1. The first kappa shape index (κ1) is 11.2. The molecule has 1 amide bonds. The number of nitrogens with zero attached hydrogens (tertiary/aromatic N) is 1. The van der Waals surface area contributed by atoms with Crippen LogP contribution in [0.4, 0.5) is 0 Å². The number of rotatable bonds is 2. The normalized spacial score (nSPS) is 26.9. The molecule has 0 bridgehead atoms. The largest absolute Gasteiger partial charge is 0.354 e. The Kier molecular flexibility index (Phi) is 3.64. The average Bonchev–Trinajstić information content (AvgIpc) is 2.24. The highest BCUT2D eigenvalue weighted by Gasteiger charge is 2.22. The molecule has 5 nitrogen and oxygen atoms in total. The Morgan fingerprint density at radius 3 is 2.56 bits per heavy atom. The standard InChI is InChI=1S/C11H20N4O/c1-12-11(14-8-3-2-4-8)15-9-5-6-10(16)13-7-9/h8-9H,2-7H2,1H3,(H,13,16)(H2,12,14,15). The predicted octanol–water partition coefficient (Wildman–Crippen LogP) is -0.0175. The van der Waals surface area contributed by atoms with E-state index in [1.165, 1.54) is 19.3 Å². The highest BCUT2D eigenvalue weighted by atomic mass is 16.1. The molecule has 1 atom stereocenters. The maximum absolute atomic E-state index is 11.0. The van der Waals surface area contributed by atoms with Gasteiger partial charge in [-0.3, -0.25) is 9.79 Å². The van der Waals surface area contributed by atoms with Gasteiger partial charge in [0, 0.05) is 32.1 Å². The minimum atomic E-state index is 0.153. The van der Waals surface area contributed by atoms with Crippen LogP contribution in [0.15, 0.2) is 4.99 Å². The molecule has 0 aromatic rings. The number of guanidine groups is 1. The van der Waals surface area contributed by atoms with E-state index in [0.29, 0.717) is 25.0 Å². The van der Waals surface area contributed by atoms with Crippen molar-refractivity contribution in [1.29, 1.82) is 0 Å². The van der Waals surface area contributed by atoms with E-state index in [4.69, 9.17) is 0 Å². The van der Waals surface area contributed by atoms with Gasteiger partial charge in [-0.05, 0) is 25.7 Å². The van der Waals surface area contributed by atoms with Gasteiger partial charge in [0.1, 0.15) is 0 Å². The molecule has 2 rings (SSSR count). The molecule has 0 radical (unpaired) electrons. The van der Waals surface area contributed by atoms with Crippen molar-refractivity contribution in [2.24, 2.45) is 4.99 Å². The number of amides is 1. The van der Waals surface area contributed by atoms with Crippen molar-refractivity contribution in [3.8, 4) is 0 Å². The summed E-state index contributed by atoms with van der Waals surface area (Å²) in [7, 11) is 1.79. The van der Waals surface area contributed by atoms with Crippen LogP contribution in [0.1, 0.15) is 32.1 Å². The first-order valence-electron chi connectivity index (χ1n) is 6.04. The monoisotopic (exact) mass is 224 g/mol. The van der Waals surface area contributed by atoms with E-state index in [-0.39, 0.29) is 5.91 Å². The third-order valence-electron chi connectivity index (χ3n) is 3.28. The summed E-state index contributed by atoms with van der Waals surface area (Å²) in [6.45, 7) is 0.699. The van der Waals surface area contributed by atoms with Crippen molar-refractivity contribution in [3.05, 3.63) is 0 Å². The smallest absolute Gasteiger partial charge is 0.220 e. The fourth-order valence-corrected chi connectivity index (χ4v) is 1.97. The summed E-state index contributed by atoms with van der Waals surface area (Å²) in [4.78, 5) is 15.2. The van der Waals surface area contributed by atoms with E-state index < -0.39 is 0 Å². The molecule has 0 aromatic carbocycles. The van der Waals surface area contributed by atoms with Gasteiger partial charge in [-0.2, -0.15) is 0 Å². The van der Waals surface area contributed by atoms with E-state index in [9.17, 15) is 4.79 Å². The molecule has 2 fully saturated rings. The summed E-state index contributed by atoms with van der Waals surface area (Å²) in [6, 6.07) is 0.897. The molecule has 3 N–H and O–H groups in total. The van der Waals surface area contributed by atoms with Crippen molar-refractivity contribution in [1.82, 2.24) is 16.0 Å². The molecule has 1 unspecified atom stereocenters. The summed E-state index contributed by atoms with van der Waals surface area (Å²) >= 11 is 0. The molecule has 1 aliphatic carbocycles. The number of aliphatic imine (C=N–C) groups is 1. The van der Waals surface area contributed by atoms with Crippen molar-refractivity contribution in [2.75, 3.05) is 13.6 Å². The van der Waals surface area contributed by atoms with Crippen LogP contribution in [0.5, 0.6) is 0 Å². The van der Waals surface area contributed by atoms with Crippen LogP contribution in [0.25, 0.3) is 0 Å². The SMILES string of the molecule is CN=C(NC1CCC1)NC1CCC(=O)NC1. The first-order chi connectivity index (χ1) is 7.78. The minimum Gasteiger partial charge on any atom is -0.354 e. The summed E-state index contributed by atoms with van der Waals surface area (Å²) in [5.41, 5.74) is 0. The van der Waals surface area contributed by atoms with Gasteiger partial charge in [0.05, 0.1) is 0 Å². The van der Waals surface area contributed by atoms with E-state index >= 15 is 0 Å². The first-order valence-corrected chi connectivity index (χ1v) is 6.04. The molecule has 0 spiro atoms. The zero-order chi connectivity index (χ0) is 11.4. The summed E-state index contributed by atoms with van der Waals surface area (Å²) < 4.78 is 0. The van der Waals surface area contributed by atoms with Crippen LogP contribution < -0.4 is 16.0 Å². The second-order valence-electron chi connectivity index (χ2n) is 4.53. The fraction of sp³-hybridized carbons (Fsp3) is 0.818. The van der Waals surface area contributed by atoms with Crippen LogP contribution in [0, 0.1) is 0 Å². The van der Waals surface area contributed by atoms with Crippen molar-refractivity contribution >= 4 is 11.9 Å². The highest BCUT2D eigenvalue weighted by molar-refractivity contribution is 5.81. The minimum absolute atomic E-state index is 0.153. The number of piperidine rings is 1. The lowest BCUT2D eigenvalue weighted by molar-refractivity contribution is -0.122. The van der Waals surface area contributed by atoms with Gasteiger partial charge in [-0.25, -0.2) is 0 Å². The second-order valence-corrected chi connectivity index (χ2v) is 4.53. The third-order valence-corrected chi connectivity index (χ3v) is 3.28. The lowest BCUT2D eigenvalue weighted by atomic mass is 9.93. The molecule has 1 aliphatic heterocycles. The number of hydrogen-bond acceptors (Lipinski definition) is 2. The summed E-state index contributed by atoms with van der Waals surface area (Å²) in [5, 5.41) is 9.60. The van der Waals surface area contributed by atoms with Crippen LogP contribution in [-0.2, 0) is 4.79 Å². The quantitative estimate of drug-likeness (QED) is 0.456. The topological polar surface area (TPSA) is 65.5 Å². The zero-order valence-electron chi connectivity index (χ0n) is 9.75. The Balaban J connectivity index is 1.75. The molecular formula is C11H20N4O. The van der Waals surface area contributed by atoms with E-state index in [1.807, 2.05) is 0 Å². The van der Waals surface area contributed by atoms with Crippen LogP contribution >= 0.6 is 0 Å². The number of hydrogen-bond donors (Lipinski definition) is 3.